The Morgan fingerprint density at radius 1 is 1.21 bits per heavy atom. The summed E-state index contributed by atoms with van der Waals surface area (Å²) in [6.07, 6.45) is 1.31. The van der Waals surface area contributed by atoms with Crippen LogP contribution in [-0.2, 0) is 9.59 Å². The second-order valence-electron chi connectivity index (χ2n) is 5.01. The minimum Gasteiger partial charge on any atom is -0.494 e. The standard InChI is InChI=1S/C18H16N2O3S/c1-2-23-13-9-7-12(8-10-13)19-17(21)11-16-18(22)20-14-5-3-4-6-15(14)24-16/h3-11H,2H2,1H3,(H,19,21)(H,20,22)/b16-11+. The fraction of sp³-hybridized carbons (Fsp3) is 0.111. The van der Waals surface area contributed by atoms with Crippen molar-refractivity contribution in [3.05, 3.63) is 59.5 Å². The molecule has 24 heavy (non-hydrogen) atoms. The molecule has 0 atom stereocenters. The van der Waals surface area contributed by atoms with Gasteiger partial charge in [-0.15, -0.1) is 0 Å². The molecule has 0 saturated heterocycles. The Bertz CT molecular complexity index is 800. The third kappa shape index (κ3) is 3.78. The third-order valence-electron chi connectivity index (χ3n) is 3.27. The number of amides is 2. The number of thioether (sulfide) groups is 1. The first-order valence-electron chi connectivity index (χ1n) is 7.49. The van der Waals surface area contributed by atoms with E-state index in [4.69, 9.17) is 4.74 Å². The molecule has 0 fully saturated rings. The van der Waals surface area contributed by atoms with Crippen LogP contribution in [-0.4, -0.2) is 18.4 Å². The summed E-state index contributed by atoms with van der Waals surface area (Å²) in [5.41, 5.74) is 1.40. The minimum absolute atomic E-state index is 0.277. The molecule has 0 spiro atoms. The molecule has 122 valence electrons. The van der Waals surface area contributed by atoms with Gasteiger partial charge in [0.05, 0.1) is 17.2 Å². The molecule has 0 bridgehead atoms. The number of ether oxygens (including phenoxy) is 1. The van der Waals surface area contributed by atoms with Gasteiger partial charge in [-0.2, -0.15) is 0 Å². The summed E-state index contributed by atoms with van der Waals surface area (Å²) in [4.78, 5) is 25.5. The van der Waals surface area contributed by atoms with Crippen LogP contribution in [0.25, 0.3) is 0 Å². The molecule has 1 heterocycles. The largest absolute Gasteiger partial charge is 0.494 e. The summed E-state index contributed by atoms with van der Waals surface area (Å²) in [6, 6.07) is 14.5. The molecule has 3 rings (SSSR count). The predicted molar refractivity (Wildman–Crippen MR) is 95.3 cm³/mol. The van der Waals surface area contributed by atoms with Crippen LogP contribution in [0.2, 0.25) is 0 Å². The molecular weight excluding hydrogens is 324 g/mol. The third-order valence-corrected chi connectivity index (χ3v) is 4.37. The Morgan fingerprint density at radius 3 is 2.71 bits per heavy atom. The van der Waals surface area contributed by atoms with Crippen molar-refractivity contribution in [2.24, 2.45) is 0 Å². The monoisotopic (exact) mass is 340 g/mol. The number of hydrogen-bond donors (Lipinski definition) is 2. The van der Waals surface area contributed by atoms with Gasteiger partial charge in [-0.3, -0.25) is 9.59 Å². The number of hydrogen-bond acceptors (Lipinski definition) is 4. The summed E-state index contributed by atoms with van der Waals surface area (Å²) >= 11 is 1.28. The van der Waals surface area contributed by atoms with Gasteiger partial charge in [0.15, 0.2) is 0 Å². The summed E-state index contributed by atoms with van der Waals surface area (Å²) in [7, 11) is 0. The van der Waals surface area contributed by atoms with Crippen LogP contribution < -0.4 is 15.4 Å². The molecule has 0 unspecified atom stereocenters. The lowest BCUT2D eigenvalue weighted by Crippen LogP contribution is -2.19. The van der Waals surface area contributed by atoms with E-state index in [-0.39, 0.29) is 11.8 Å². The molecule has 1 aliphatic rings. The molecule has 2 aromatic rings. The van der Waals surface area contributed by atoms with Crippen molar-refractivity contribution in [3.63, 3.8) is 0 Å². The minimum atomic E-state index is -0.351. The van der Waals surface area contributed by atoms with Crippen molar-refractivity contribution < 1.29 is 14.3 Å². The lowest BCUT2D eigenvalue weighted by atomic mass is 10.3. The van der Waals surface area contributed by atoms with Gasteiger partial charge in [0.1, 0.15) is 5.75 Å². The van der Waals surface area contributed by atoms with Gasteiger partial charge in [-0.1, -0.05) is 23.9 Å². The van der Waals surface area contributed by atoms with Gasteiger partial charge in [-0.05, 0) is 43.3 Å². The lowest BCUT2D eigenvalue weighted by molar-refractivity contribution is -0.114. The van der Waals surface area contributed by atoms with Crippen LogP contribution in [0.1, 0.15) is 6.92 Å². The first kappa shape index (κ1) is 16.1. The van der Waals surface area contributed by atoms with Crippen LogP contribution in [0, 0.1) is 0 Å². The van der Waals surface area contributed by atoms with Gasteiger partial charge in [0.2, 0.25) is 5.91 Å². The number of nitrogens with one attached hydrogen (secondary N) is 2. The summed E-state index contributed by atoms with van der Waals surface area (Å²) in [5.74, 6) is 0.115. The molecule has 6 heteroatoms. The Kier molecular flexibility index (Phi) is 4.86. The number of rotatable bonds is 4. The zero-order chi connectivity index (χ0) is 16.9. The maximum Gasteiger partial charge on any atom is 0.262 e. The van der Waals surface area contributed by atoms with Crippen molar-refractivity contribution in [2.45, 2.75) is 11.8 Å². The molecule has 0 aromatic heterocycles. The summed E-state index contributed by atoms with van der Waals surface area (Å²) in [5, 5.41) is 5.51. The first-order chi connectivity index (χ1) is 11.7. The molecule has 5 nitrogen and oxygen atoms in total. The van der Waals surface area contributed by atoms with Crippen LogP contribution in [0.4, 0.5) is 11.4 Å². The first-order valence-corrected chi connectivity index (χ1v) is 8.31. The second kappa shape index (κ2) is 7.23. The van der Waals surface area contributed by atoms with Crippen molar-refractivity contribution in [1.29, 1.82) is 0 Å². The van der Waals surface area contributed by atoms with E-state index in [1.807, 2.05) is 31.2 Å². The molecule has 2 amide bonds. The van der Waals surface area contributed by atoms with Gasteiger partial charge in [-0.25, -0.2) is 0 Å². The van der Waals surface area contributed by atoms with E-state index >= 15 is 0 Å². The maximum atomic E-state index is 12.1. The molecule has 0 radical (unpaired) electrons. The van der Waals surface area contributed by atoms with E-state index in [0.29, 0.717) is 17.2 Å². The fourth-order valence-electron chi connectivity index (χ4n) is 2.20. The van der Waals surface area contributed by atoms with Gasteiger partial charge < -0.3 is 15.4 Å². The van der Waals surface area contributed by atoms with E-state index in [2.05, 4.69) is 10.6 Å². The van der Waals surface area contributed by atoms with E-state index < -0.39 is 0 Å². The zero-order valence-electron chi connectivity index (χ0n) is 13.0. The highest BCUT2D eigenvalue weighted by Crippen LogP contribution is 2.37. The number of para-hydroxylation sites is 1. The average Bonchev–Trinajstić information content (AvgIpc) is 2.57. The summed E-state index contributed by atoms with van der Waals surface area (Å²) < 4.78 is 5.35. The van der Waals surface area contributed by atoms with E-state index in [0.717, 1.165) is 16.3 Å². The summed E-state index contributed by atoms with van der Waals surface area (Å²) in [6.45, 7) is 2.50. The highest BCUT2D eigenvalue weighted by atomic mass is 32.2. The quantitative estimate of drug-likeness (QED) is 0.834. The van der Waals surface area contributed by atoms with Gasteiger partial charge in [0, 0.05) is 16.7 Å². The molecule has 0 saturated carbocycles. The molecule has 0 aliphatic carbocycles. The maximum absolute atomic E-state index is 12.1. The SMILES string of the molecule is CCOc1ccc(NC(=O)/C=C2/Sc3ccccc3NC2=O)cc1. The lowest BCUT2D eigenvalue weighted by Gasteiger charge is -2.18. The number of carbonyl (C=O) groups is 2. The molecular formula is C18H16N2O3S. The van der Waals surface area contributed by atoms with Crippen molar-refractivity contribution in [2.75, 3.05) is 17.2 Å². The predicted octanol–water partition coefficient (Wildman–Crippen LogP) is 3.65. The highest BCUT2D eigenvalue weighted by Gasteiger charge is 2.21. The Labute approximate surface area is 144 Å². The van der Waals surface area contributed by atoms with Crippen LogP contribution >= 0.6 is 11.8 Å². The Balaban J connectivity index is 1.69. The van der Waals surface area contributed by atoms with E-state index in [9.17, 15) is 9.59 Å². The zero-order valence-corrected chi connectivity index (χ0v) is 13.9. The van der Waals surface area contributed by atoms with Crippen molar-refractivity contribution in [1.82, 2.24) is 0 Å². The van der Waals surface area contributed by atoms with E-state index in [1.165, 1.54) is 17.8 Å². The van der Waals surface area contributed by atoms with Gasteiger partial charge >= 0.3 is 0 Å². The Hall–Kier alpha value is -2.73. The van der Waals surface area contributed by atoms with Crippen LogP contribution in [0.15, 0.2) is 64.4 Å². The number of anilines is 2. The van der Waals surface area contributed by atoms with Gasteiger partial charge in [0.25, 0.3) is 5.91 Å². The number of fused-ring (bicyclic) bond motifs is 1. The topological polar surface area (TPSA) is 67.4 Å². The normalized spacial score (nSPS) is 14.7. The molecule has 2 N–H and O–H groups in total. The molecule has 2 aromatic carbocycles. The molecule has 1 aliphatic heterocycles. The average molecular weight is 340 g/mol. The van der Waals surface area contributed by atoms with Crippen LogP contribution in [0.5, 0.6) is 5.75 Å². The Morgan fingerprint density at radius 2 is 1.96 bits per heavy atom. The number of carbonyl (C=O) groups excluding carboxylic acids is 2. The number of benzene rings is 2. The van der Waals surface area contributed by atoms with Crippen molar-refractivity contribution in [3.8, 4) is 5.75 Å². The van der Waals surface area contributed by atoms with Crippen LogP contribution in [0.3, 0.4) is 0 Å². The van der Waals surface area contributed by atoms with E-state index in [1.54, 1.807) is 24.3 Å². The van der Waals surface area contributed by atoms with Crippen molar-refractivity contribution >= 4 is 35.0 Å². The fourth-order valence-corrected chi connectivity index (χ4v) is 3.12. The smallest absolute Gasteiger partial charge is 0.262 e. The highest BCUT2D eigenvalue weighted by molar-refractivity contribution is 8.04. The second-order valence-corrected chi connectivity index (χ2v) is 6.09.